The molecule has 0 bridgehead atoms. The maximum atomic E-state index is 13.7. The Bertz CT molecular complexity index is 496. The molecular formula is C13H14F4N2O. The number of alkyl halides is 3. The average molecular weight is 290 g/mol. The Morgan fingerprint density at radius 1 is 1.40 bits per heavy atom. The van der Waals surface area contributed by atoms with Gasteiger partial charge in [-0.25, -0.2) is 4.39 Å². The van der Waals surface area contributed by atoms with Crippen LogP contribution >= 0.6 is 0 Å². The third-order valence-electron chi connectivity index (χ3n) is 3.26. The van der Waals surface area contributed by atoms with E-state index >= 15 is 0 Å². The molecule has 7 heteroatoms. The summed E-state index contributed by atoms with van der Waals surface area (Å²) in [4.78, 5) is 11.8. The summed E-state index contributed by atoms with van der Waals surface area (Å²) in [6.07, 6.45) is -3.93. The normalized spacial score (nSPS) is 19.1. The molecular weight excluding hydrogens is 276 g/mol. The van der Waals surface area contributed by atoms with Crippen LogP contribution in [0, 0.1) is 11.7 Å². The highest BCUT2D eigenvalue weighted by molar-refractivity contribution is 5.94. The maximum Gasteiger partial charge on any atom is 0.419 e. The van der Waals surface area contributed by atoms with Crippen molar-refractivity contribution in [2.24, 2.45) is 5.92 Å². The summed E-state index contributed by atoms with van der Waals surface area (Å²) in [5.41, 5.74) is -2.00. The van der Waals surface area contributed by atoms with Gasteiger partial charge in [0.15, 0.2) is 0 Å². The third kappa shape index (κ3) is 3.27. The second-order valence-corrected chi connectivity index (χ2v) is 4.73. The largest absolute Gasteiger partial charge is 0.419 e. The third-order valence-corrected chi connectivity index (χ3v) is 3.26. The van der Waals surface area contributed by atoms with Gasteiger partial charge in [0, 0.05) is 6.54 Å². The Kier molecular flexibility index (Phi) is 4.27. The van der Waals surface area contributed by atoms with E-state index in [0.717, 1.165) is 31.6 Å². The van der Waals surface area contributed by atoms with E-state index in [0.29, 0.717) is 12.6 Å². The van der Waals surface area contributed by atoms with Gasteiger partial charge in [0.05, 0.1) is 11.1 Å². The minimum atomic E-state index is -4.81. The second-order valence-electron chi connectivity index (χ2n) is 4.73. The number of amides is 1. The van der Waals surface area contributed by atoms with Crippen LogP contribution < -0.4 is 10.6 Å². The summed E-state index contributed by atoms with van der Waals surface area (Å²) < 4.78 is 51.4. The molecule has 1 aliphatic rings. The quantitative estimate of drug-likeness (QED) is 0.838. The van der Waals surface area contributed by atoms with Crippen LogP contribution in [-0.2, 0) is 6.18 Å². The van der Waals surface area contributed by atoms with E-state index in [1.165, 1.54) is 0 Å². The van der Waals surface area contributed by atoms with Gasteiger partial charge >= 0.3 is 6.18 Å². The van der Waals surface area contributed by atoms with Gasteiger partial charge in [0.1, 0.15) is 5.82 Å². The average Bonchev–Trinajstić information content (AvgIpc) is 2.88. The minimum absolute atomic E-state index is 0.229. The lowest BCUT2D eigenvalue weighted by Gasteiger charge is -2.13. The van der Waals surface area contributed by atoms with E-state index in [4.69, 9.17) is 0 Å². The number of halogens is 4. The first-order chi connectivity index (χ1) is 9.39. The van der Waals surface area contributed by atoms with Crippen molar-refractivity contribution in [3.05, 3.63) is 35.1 Å². The Morgan fingerprint density at radius 2 is 2.15 bits per heavy atom. The summed E-state index contributed by atoms with van der Waals surface area (Å²) in [6, 6.07) is 2.69. The van der Waals surface area contributed by atoms with Gasteiger partial charge in [-0.05, 0) is 37.6 Å². The van der Waals surface area contributed by atoms with E-state index in [-0.39, 0.29) is 5.92 Å². The first-order valence-corrected chi connectivity index (χ1v) is 6.24. The highest BCUT2D eigenvalue weighted by Crippen LogP contribution is 2.32. The molecule has 20 heavy (non-hydrogen) atoms. The summed E-state index contributed by atoms with van der Waals surface area (Å²) in [5.74, 6) is -2.12. The molecule has 1 amide bonds. The lowest BCUT2D eigenvalue weighted by atomic mass is 10.1. The predicted molar refractivity (Wildman–Crippen MR) is 64.7 cm³/mol. The van der Waals surface area contributed by atoms with Crippen LogP contribution in [0.5, 0.6) is 0 Å². The SMILES string of the molecule is O=C(NCC1CCNC1)c1cccc(C(F)(F)F)c1F. The number of hydrogen-bond donors (Lipinski definition) is 2. The molecule has 1 unspecified atom stereocenters. The Balaban J connectivity index is 2.09. The van der Waals surface area contributed by atoms with Crippen molar-refractivity contribution in [1.29, 1.82) is 0 Å². The van der Waals surface area contributed by atoms with Gasteiger partial charge in [0.2, 0.25) is 0 Å². The Labute approximate surface area is 113 Å². The molecule has 3 nitrogen and oxygen atoms in total. The van der Waals surface area contributed by atoms with Crippen LogP contribution in [-0.4, -0.2) is 25.5 Å². The monoisotopic (exact) mass is 290 g/mol. The van der Waals surface area contributed by atoms with Crippen LogP contribution in [0.4, 0.5) is 17.6 Å². The number of carbonyl (C=O) groups excluding carboxylic acids is 1. The molecule has 0 radical (unpaired) electrons. The molecule has 1 atom stereocenters. The summed E-state index contributed by atoms with van der Waals surface area (Å²) in [5, 5.41) is 5.58. The summed E-state index contributed by atoms with van der Waals surface area (Å²) >= 11 is 0. The summed E-state index contributed by atoms with van der Waals surface area (Å²) in [7, 11) is 0. The fourth-order valence-corrected chi connectivity index (χ4v) is 2.15. The van der Waals surface area contributed by atoms with E-state index in [2.05, 4.69) is 10.6 Å². The molecule has 0 saturated carbocycles. The molecule has 1 aromatic rings. The van der Waals surface area contributed by atoms with Gasteiger partial charge in [-0.2, -0.15) is 13.2 Å². The number of rotatable bonds is 3. The van der Waals surface area contributed by atoms with Gasteiger partial charge < -0.3 is 10.6 Å². The van der Waals surface area contributed by atoms with Gasteiger partial charge in [-0.1, -0.05) is 6.07 Å². The molecule has 1 aliphatic heterocycles. The smallest absolute Gasteiger partial charge is 0.352 e. The number of nitrogens with one attached hydrogen (secondary N) is 2. The van der Waals surface area contributed by atoms with E-state index < -0.39 is 29.0 Å². The van der Waals surface area contributed by atoms with E-state index in [1.54, 1.807) is 0 Å². The number of carbonyl (C=O) groups is 1. The molecule has 2 N–H and O–H groups in total. The molecule has 0 spiro atoms. The molecule has 1 fully saturated rings. The van der Waals surface area contributed by atoms with Crippen molar-refractivity contribution >= 4 is 5.91 Å². The van der Waals surface area contributed by atoms with Crippen molar-refractivity contribution in [2.45, 2.75) is 12.6 Å². The number of benzene rings is 1. The lowest BCUT2D eigenvalue weighted by molar-refractivity contribution is -0.140. The van der Waals surface area contributed by atoms with Gasteiger partial charge in [0.25, 0.3) is 5.91 Å². The van der Waals surface area contributed by atoms with Crippen molar-refractivity contribution < 1.29 is 22.4 Å². The zero-order chi connectivity index (χ0) is 14.8. The highest BCUT2D eigenvalue weighted by atomic mass is 19.4. The topological polar surface area (TPSA) is 41.1 Å². The molecule has 1 aromatic carbocycles. The van der Waals surface area contributed by atoms with Crippen LogP contribution in [0.15, 0.2) is 18.2 Å². The summed E-state index contributed by atoms with van der Waals surface area (Å²) in [6.45, 7) is 1.91. The van der Waals surface area contributed by atoms with Crippen LogP contribution in [0.3, 0.4) is 0 Å². The maximum absolute atomic E-state index is 13.7. The Hall–Kier alpha value is -1.63. The first kappa shape index (κ1) is 14.8. The van der Waals surface area contributed by atoms with Crippen LogP contribution in [0.25, 0.3) is 0 Å². The predicted octanol–water partition coefficient (Wildman–Crippen LogP) is 2.18. The van der Waals surface area contributed by atoms with Crippen LogP contribution in [0.1, 0.15) is 22.3 Å². The van der Waals surface area contributed by atoms with Crippen LogP contribution in [0.2, 0.25) is 0 Å². The van der Waals surface area contributed by atoms with E-state index in [9.17, 15) is 22.4 Å². The molecule has 2 rings (SSSR count). The van der Waals surface area contributed by atoms with Crippen molar-refractivity contribution in [3.8, 4) is 0 Å². The van der Waals surface area contributed by atoms with E-state index in [1.807, 2.05) is 0 Å². The van der Waals surface area contributed by atoms with Crippen molar-refractivity contribution in [1.82, 2.24) is 10.6 Å². The standard InChI is InChI=1S/C13H14F4N2O/c14-11-9(2-1-3-10(11)13(15,16)17)12(20)19-7-8-4-5-18-6-8/h1-3,8,18H,4-7H2,(H,19,20). The van der Waals surface area contributed by atoms with Gasteiger partial charge in [-0.15, -0.1) is 0 Å². The fraction of sp³-hybridized carbons (Fsp3) is 0.462. The molecule has 1 saturated heterocycles. The zero-order valence-corrected chi connectivity index (χ0v) is 10.6. The molecule has 0 aromatic heterocycles. The second kappa shape index (κ2) is 5.78. The van der Waals surface area contributed by atoms with Crippen molar-refractivity contribution in [3.63, 3.8) is 0 Å². The molecule has 110 valence electrons. The lowest BCUT2D eigenvalue weighted by Crippen LogP contribution is -2.31. The zero-order valence-electron chi connectivity index (χ0n) is 10.6. The van der Waals surface area contributed by atoms with Gasteiger partial charge in [-0.3, -0.25) is 4.79 Å². The fourth-order valence-electron chi connectivity index (χ4n) is 2.15. The number of hydrogen-bond acceptors (Lipinski definition) is 2. The molecule has 1 heterocycles. The highest BCUT2D eigenvalue weighted by Gasteiger charge is 2.35. The van der Waals surface area contributed by atoms with Crippen molar-refractivity contribution in [2.75, 3.05) is 19.6 Å². The molecule has 0 aliphatic carbocycles. The minimum Gasteiger partial charge on any atom is -0.352 e. The Morgan fingerprint density at radius 3 is 2.75 bits per heavy atom. The first-order valence-electron chi connectivity index (χ1n) is 6.24.